The molecule has 1 nitrogen and oxygen atoms in total. The lowest BCUT2D eigenvalue weighted by Crippen LogP contribution is -2.53. The van der Waals surface area contributed by atoms with E-state index in [-0.39, 0.29) is 22.0 Å². The first-order chi connectivity index (χ1) is 10.2. The first kappa shape index (κ1) is 19.2. The normalized spacial score (nSPS) is 23.5. The molecule has 1 aromatic rings. The molecule has 0 spiro atoms. The number of hydrogen-bond donors (Lipinski definition) is 0. The number of fused-ring (bicyclic) bond motifs is 1. The second-order valence-corrected chi connectivity index (χ2v) is 15.5. The van der Waals surface area contributed by atoms with Crippen LogP contribution in [0.3, 0.4) is 0 Å². The van der Waals surface area contributed by atoms with Crippen LogP contribution in [0.5, 0.6) is 0 Å². The Bertz CT molecular complexity index is 596. The Kier molecular flexibility index (Phi) is 4.76. The minimum Gasteiger partial charge on any atom is -0.413 e. The molecule has 0 aromatic heterocycles. The Balaban J connectivity index is 2.48. The summed E-state index contributed by atoms with van der Waals surface area (Å²) in [6.45, 7) is 21.1. The molecule has 0 bridgehead atoms. The Labute approximate surface area is 152 Å². The Morgan fingerprint density at radius 1 is 1.09 bits per heavy atom. The van der Waals surface area contributed by atoms with Crippen LogP contribution in [0.15, 0.2) is 22.7 Å². The van der Waals surface area contributed by atoms with Gasteiger partial charge in [0.25, 0.3) is 0 Å². The number of rotatable bonds is 2. The third kappa shape index (κ3) is 3.47. The summed E-state index contributed by atoms with van der Waals surface area (Å²) in [6.07, 6.45) is 1.35. The molecule has 0 aliphatic heterocycles. The van der Waals surface area contributed by atoms with Crippen molar-refractivity contribution in [1.82, 2.24) is 0 Å². The summed E-state index contributed by atoms with van der Waals surface area (Å²) in [5, 5.41) is 0.243. The van der Waals surface area contributed by atoms with Crippen LogP contribution in [0.25, 0.3) is 0 Å². The lowest BCUT2D eigenvalue weighted by Gasteiger charge is -2.51. The van der Waals surface area contributed by atoms with Gasteiger partial charge in [-0.15, -0.1) is 0 Å². The monoisotopic (exact) mass is 396 g/mol. The molecule has 2 rings (SSSR count). The molecule has 3 heteroatoms. The van der Waals surface area contributed by atoms with Crippen molar-refractivity contribution < 1.29 is 4.43 Å². The summed E-state index contributed by atoms with van der Waals surface area (Å²) in [5.41, 5.74) is 3.09. The van der Waals surface area contributed by atoms with E-state index >= 15 is 0 Å². The standard InChI is InChI=1S/C20H33BrOSi/c1-18(2,3)23(8,9)22-17-13-19(4,5)16-12-14(21)10-11-15(16)20(17,6)7/h10-12,17H,13H2,1-9H3. The smallest absolute Gasteiger partial charge is 0.192 e. The molecule has 0 saturated heterocycles. The van der Waals surface area contributed by atoms with Crippen molar-refractivity contribution in [2.24, 2.45) is 0 Å². The summed E-state index contributed by atoms with van der Waals surface area (Å²) >= 11 is 3.65. The molecule has 1 atom stereocenters. The molecule has 23 heavy (non-hydrogen) atoms. The zero-order chi connectivity index (χ0) is 17.8. The average molecular weight is 397 g/mol. The lowest BCUT2D eigenvalue weighted by atomic mass is 9.61. The fraction of sp³-hybridized carbons (Fsp3) is 0.700. The summed E-state index contributed by atoms with van der Waals surface area (Å²) in [7, 11) is -1.79. The van der Waals surface area contributed by atoms with Crippen molar-refractivity contribution in [2.75, 3.05) is 0 Å². The van der Waals surface area contributed by atoms with E-state index in [0.29, 0.717) is 0 Å². The minimum atomic E-state index is -1.79. The van der Waals surface area contributed by atoms with Gasteiger partial charge >= 0.3 is 0 Å². The molecule has 1 unspecified atom stereocenters. The van der Waals surface area contributed by atoms with Crippen LogP contribution >= 0.6 is 15.9 Å². The second kappa shape index (κ2) is 5.71. The van der Waals surface area contributed by atoms with E-state index in [4.69, 9.17) is 4.43 Å². The molecule has 0 heterocycles. The van der Waals surface area contributed by atoms with E-state index in [2.05, 4.69) is 95.7 Å². The van der Waals surface area contributed by atoms with Gasteiger partial charge < -0.3 is 4.43 Å². The van der Waals surface area contributed by atoms with E-state index in [9.17, 15) is 0 Å². The predicted octanol–water partition coefficient (Wildman–Crippen LogP) is 6.80. The van der Waals surface area contributed by atoms with Gasteiger partial charge in [0.1, 0.15) is 0 Å². The van der Waals surface area contributed by atoms with Crippen molar-refractivity contribution in [1.29, 1.82) is 0 Å². The quantitative estimate of drug-likeness (QED) is 0.499. The van der Waals surface area contributed by atoms with Crippen LogP contribution in [0.2, 0.25) is 18.1 Å². The summed E-state index contributed by atoms with van der Waals surface area (Å²) in [5.74, 6) is 0. The zero-order valence-electron chi connectivity index (χ0n) is 16.3. The van der Waals surface area contributed by atoms with Gasteiger partial charge in [0, 0.05) is 9.89 Å². The Hall–Kier alpha value is -0.123. The molecule has 0 fully saturated rings. The van der Waals surface area contributed by atoms with E-state index < -0.39 is 8.32 Å². The molecular weight excluding hydrogens is 364 g/mol. The van der Waals surface area contributed by atoms with Crippen molar-refractivity contribution >= 4 is 24.2 Å². The van der Waals surface area contributed by atoms with Crippen LogP contribution in [0, 0.1) is 0 Å². The third-order valence-corrected chi connectivity index (χ3v) is 11.1. The van der Waals surface area contributed by atoms with E-state index in [1.54, 1.807) is 0 Å². The highest BCUT2D eigenvalue weighted by Crippen LogP contribution is 2.50. The summed E-state index contributed by atoms with van der Waals surface area (Å²) in [6, 6.07) is 6.77. The average Bonchev–Trinajstić information content (AvgIpc) is 2.34. The first-order valence-electron chi connectivity index (χ1n) is 8.67. The molecular formula is C20H33BrOSi. The van der Waals surface area contributed by atoms with Crippen LogP contribution in [0.1, 0.15) is 66.0 Å². The van der Waals surface area contributed by atoms with Gasteiger partial charge in [0.15, 0.2) is 8.32 Å². The number of halogens is 1. The van der Waals surface area contributed by atoms with Gasteiger partial charge in [-0.2, -0.15) is 0 Å². The molecule has 1 aliphatic rings. The van der Waals surface area contributed by atoms with Gasteiger partial charge in [0.2, 0.25) is 0 Å². The third-order valence-electron chi connectivity index (χ3n) is 6.15. The Morgan fingerprint density at radius 3 is 2.17 bits per heavy atom. The van der Waals surface area contributed by atoms with Crippen molar-refractivity contribution in [2.45, 2.75) is 90.0 Å². The maximum atomic E-state index is 6.91. The second-order valence-electron chi connectivity index (χ2n) is 9.87. The van der Waals surface area contributed by atoms with Gasteiger partial charge in [0.05, 0.1) is 6.10 Å². The van der Waals surface area contributed by atoms with Crippen molar-refractivity contribution in [3.05, 3.63) is 33.8 Å². The predicted molar refractivity (Wildman–Crippen MR) is 107 cm³/mol. The fourth-order valence-electron chi connectivity index (χ4n) is 3.36. The highest BCUT2D eigenvalue weighted by molar-refractivity contribution is 9.10. The van der Waals surface area contributed by atoms with Gasteiger partial charge in [-0.1, -0.05) is 70.5 Å². The van der Waals surface area contributed by atoms with Crippen LogP contribution in [0.4, 0.5) is 0 Å². The van der Waals surface area contributed by atoms with Gasteiger partial charge in [-0.05, 0) is 53.2 Å². The first-order valence-corrected chi connectivity index (χ1v) is 12.4. The molecule has 0 N–H and O–H groups in total. The van der Waals surface area contributed by atoms with E-state index in [1.165, 1.54) is 15.6 Å². The Morgan fingerprint density at radius 2 is 1.65 bits per heavy atom. The largest absolute Gasteiger partial charge is 0.413 e. The van der Waals surface area contributed by atoms with E-state index in [0.717, 1.165) is 6.42 Å². The molecule has 1 aliphatic carbocycles. The van der Waals surface area contributed by atoms with E-state index in [1.807, 2.05) is 0 Å². The molecule has 0 saturated carbocycles. The SMILES string of the molecule is CC1(C)CC(O[Si](C)(C)C(C)(C)C)C(C)(C)c2ccc(Br)cc21. The lowest BCUT2D eigenvalue weighted by molar-refractivity contribution is 0.0676. The maximum Gasteiger partial charge on any atom is 0.192 e. The summed E-state index contributed by atoms with van der Waals surface area (Å²) < 4.78 is 8.08. The molecule has 0 amide bonds. The zero-order valence-corrected chi connectivity index (χ0v) is 18.9. The fourth-order valence-corrected chi connectivity index (χ4v) is 5.17. The van der Waals surface area contributed by atoms with Crippen molar-refractivity contribution in [3.63, 3.8) is 0 Å². The van der Waals surface area contributed by atoms with Crippen LogP contribution in [-0.2, 0) is 15.3 Å². The van der Waals surface area contributed by atoms with Gasteiger partial charge in [-0.25, -0.2) is 0 Å². The minimum absolute atomic E-state index is 0.0427. The highest BCUT2D eigenvalue weighted by Gasteiger charge is 2.49. The molecule has 130 valence electrons. The van der Waals surface area contributed by atoms with Gasteiger partial charge in [-0.3, -0.25) is 0 Å². The van der Waals surface area contributed by atoms with Crippen molar-refractivity contribution in [3.8, 4) is 0 Å². The van der Waals surface area contributed by atoms with Crippen LogP contribution < -0.4 is 0 Å². The molecule has 1 aromatic carbocycles. The summed E-state index contributed by atoms with van der Waals surface area (Å²) in [4.78, 5) is 0. The number of benzene rings is 1. The topological polar surface area (TPSA) is 9.23 Å². The maximum absolute atomic E-state index is 6.91. The highest BCUT2D eigenvalue weighted by atomic mass is 79.9. The van der Waals surface area contributed by atoms with Crippen LogP contribution in [-0.4, -0.2) is 14.4 Å². The molecule has 0 radical (unpaired) electrons. The number of hydrogen-bond acceptors (Lipinski definition) is 1.